The number of hydrogen-bond acceptors (Lipinski definition) is 3. The first kappa shape index (κ1) is 23.9. The van der Waals surface area contributed by atoms with Crippen LogP contribution >= 0.6 is 0 Å². The summed E-state index contributed by atoms with van der Waals surface area (Å²) in [5.41, 5.74) is 1.29. The van der Waals surface area contributed by atoms with Crippen LogP contribution in [0.4, 0.5) is 0 Å². The Morgan fingerprint density at radius 2 is 1.83 bits per heavy atom. The van der Waals surface area contributed by atoms with Crippen molar-refractivity contribution in [2.24, 2.45) is 4.99 Å². The van der Waals surface area contributed by atoms with Crippen molar-refractivity contribution >= 4 is 5.96 Å². The second kappa shape index (κ2) is 13.1. The number of guanidine groups is 1. The van der Waals surface area contributed by atoms with Crippen molar-refractivity contribution in [3.8, 4) is 0 Å². The molecular weight excluding hydrogens is 372 g/mol. The Balaban J connectivity index is 1.81. The summed E-state index contributed by atoms with van der Waals surface area (Å²) in [4.78, 5) is 11.8. The lowest BCUT2D eigenvalue weighted by atomic mass is 10.2. The quantitative estimate of drug-likeness (QED) is 0.318. The number of aromatic nitrogens is 2. The van der Waals surface area contributed by atoms with E-state index < -0.39 is 0 Å². The molecule has 2 rings (SSSR count). The molecule has 0 aliphatic heterocycles. The zero-order valence-corrected chi connectivity index (χ0v) is 19.4. The number of hydrogen-bond donors (Lipinski definition) is 2. The SMILES string of the molecule is CCNC(=NCCCN(C(C)C)C(C)C)NCCc1nccn1Cc1ccccc1. The van der Waals surface area contributed by atoms with E-state index in [1.807, 2.05) is 12.3 Å². The fourth-order valence-corrected chi connectivity index (χ4v) is 3.68. The van der Waals surface area contributed by atoms with Crippen molar-refractivity contribution in [1.82, 2.24) is 25.1 Å². The van der Waals surface area contributed by atoms with E-state index in [1.54, 1.807) is 0 Å². The highest BCUT2D eigenvalue weighted by molar-refractivity contribution is 5.79. The molecule has 1 aromatic carbocycles. The molecular formula is C24H40N6. The first-order valence-electron chi connectivity index (χ1n) is 11.3. The molecule has 0 atom stereocenters. The molecule has 0 unspecified atom stereocenters. The fraction of sp³-hybridized carbons (Fsp3) is 0.583. The average molecular weight is 413 g/mol. The Bertz CT molecular complexity index is 727. The third-order valence-electron chi connectivity index (χ3n) is 5.15. The van der Waals surface area contributed by atoms with Crippen molar-refractivity contribution in [2.45, 2.75) is 66.1 Å². The summed E-state index contributed by atoms with van der Waals surface area (Å²) in [6.07, 6.45) is 5.86. The van der Waals surface area contributed by atoms with Crippen LogP contribution in [0.15, 0.2) is 47.7 Å². The van der Waals surface area contributed by atoms with Crippen LogP contribution in [0.5, 0.6) is 0 Å². The minimum Gasteiger partial charge on any atom is -0.357 e. The van der Waals surface area contributed by atoms with Gasteiger partial charge in [0.15, 0.2) is 5.96 Å². The lowest BCUT2D eigenvalue weighted by Gasteiger charge is -2.30. The number of imidazole rings is 1. The zero-order valence-electron chi connectivity index (χ0n) is 19.4. The Hall–Kier alpha value is -2.34. The molecule has 6 heteroatoms. The van der Waals surface area contributed by atoms with Gasteiger partial charge in [0.1, 0.15) is 5.82 Å². The molecule has 30 heavy (non-hydrogen) atoms. The van der Waals surface area contributed by atoms with Crippen LogP contribution < -0.4 is 10.6 Å². The van der Waals surface area contributed by atoms with Gasteiger partial charge in [0.25, 0.3) is 0 Å². The van der Waals surface area contributed by atoms with Gasteiger partial charge in [-0.3, -0.25) is 9.89 Å². The Morgan fingerprint density at radius 1 is 1.10 bits per heavy atom. The molecule has 0 saturated carbocycles. The highest BCUT2D eigenvalue weighted by Gasteiger charge is 2.12. The molecule has 2 aromatic rings. The molecule has 0 spiro atoms. The number of benzene rings is 1. The number of rotatable bonds is 12. The van der Waals surface area contributed by atoms with E-state index in [1.165, 1.54) is 5.56 Å². The third kappa shape index (κ3) is 8.19. The first-order chi connectivity index (χ1) is 14.5. The van der Waals surface area contributed by atoms with Gasteiger partial charge >= 0.3 is 0 Å². The van der Waals surface area contributed by atoms with Crippen LogP contribution in [0, 0.1) is 0 Å². The molecule has 6 nitrogen and oxygen atoms in total. The summed E-state index contributed by atoms with van der Waals surface area (Å²) < 4.78 is 2.22. The van der Waals surface area contributed by atoms with E-state index in [0.717, 1.165) is 57.3 Å². The predicted molar refractivity (Wildman–Crippen MR) is 127 cm³/mol. The lowest BCUT2D eigenvalue weighted by molar-refractivity contribution is 0.174. The second-order valence-electron chi connectivity index (χ2n) is 8.17. The van der Waals surface area contributed by atoms with Gasteiger partial charge in [-0.2, -0.15) is 0 Å². The van der Waals surface area contributed by atoms with Gasteiger partial charge in [0.05, 0.1) is 0 Å². The Morgan fingerprint density at radius 3 is 2.50 bits per heavy atom. The van der Waals surface area contributed by atoms with Gasteiger partial charge in [0, 0.05) is 63.6 Å². The van der Waals surface area contributed by atoms with E-state index in [0.29, 0.717) is 12.1 Å². The number of aliphatic imine (C=N–C) groups is 1. The summed E-state index contributed by atoms with van der Waals surface area (Å²) in [6.45, 7) is 15.6. The maximum absolute atomic E-state index is 4.75. The van der Waals surface area contributed by atoms with Crippen LogP contribution in [0.25, 0.3) is 0 Å². The summed E-state index contributed by atoms with van der Waals surface area (Å²) in [5, 5.41) is 6.80. The number of nitrogens with zero attached hydrogens (tertiary/aromatic N) is 4. The molecule has 1 heterocycles. The topological polar surface area (TPSA) is 57.5 Å². The molecule has 0 amide bonds. The summed E-state index contributed by atoms with van der Waals surface area (Å²) >= 11 is 0. The molecule has 0 bridgehead atoms. The zero-order chi connectivity index (χ0) is 21.8. The fourth-order valence-electron chi connectivity index (χ4n) is 3.68. The standard InChI is InChI=1S/C24H40N6/c1-6-25-24(27-14-10-17-30(20(2)3)21(4)5)28-15-13-23-26-16-18-29(23)19-22-11-8-7-9-12-22/h7-9,11-12,16,18,20-21H,6,10,13-15,17,19H2,1-5H3,(H2,25,27,28). The molecule has 0 radical (unpaired) electrons. The monoisotopic (exact) mass is 412 g/mol. The maximum Gasteiger partial charge on any atom is 0.191 e. The predicted octanol–water partition coefficient (Wildman–Crippen LogP) is 3.54. The van der Waals surface area contributed by atoms with Gasteiger partial charge < -0.3 is 15.2 Å². The van der Waals surface area contributed by atoms with Gasteiger partial charge in [-0.1, -0.05) is 30.3 Å². The van der Waals surface area contributed by atoms with Crippen molar-refractivity contribution in [2.75, 3.05) is 26.2 Å². The van der Waals surface area contributed by atoms with E-state index in [4.69, 9.17) is 4.99 Å². The minimum atomic E-state index is 0.569. The lowest BCUT2D eigenvalue weighted by Crippen LogP contribution is -2.39. The molecule has 1 aromatic heterocycles. The van der Waals surface area contributed by atoms with E-state index in [2.05, 4.69) is 90.2 Å². The molecule has 0 fully saturated rings. The van der Waals surface area contributed by atoms with Crippen molar-refractivity contribution < 1.29 is 0 Å². The molecule has 166 valence electrons. The highest BCUT2D eigenvalue weighted by atomic mass is 15.2. The van der Waals surface area contributed by atoms with E-state index >= 15 is 0 Å². The van der Waals surface area contributed by atoms with Crippen LogP contribution in [0.2, 0.25) is 0 Å². The molecule has 2 N–H and O–H groups in total. The summed E-state index contributed by atoms with van der Waals surface area (Å²) in [5.74, 6) is 1.98. The van der Waals surface area contributed by atoms with Crippen molar-refractivity contribution in [1.29, 1.82) is 0 Å². The van der Waals surface area contributed by atoms with Gasteiger partial charge in [-0.25, -0.2) is 4.98 Å². The average Bonchev–Trinajstić information content (AvgIpc) is 3.14. The van der Waals surface area contributed by atoms with Gasteiger partial charge in [-0.15, -0.1) is 0 Å². The minimum absolute atomic E-state index is 0.569. The normalized spacial score (nSPS) is 12.2. The summed E-state index contributed by atoms with van der Waals surface area (Å²) in [6, 6.07) is 11.6. The molecule has 0 aliphatic rings. The number of nitrogens with one attached hydrogen (secondary N) is 2. The van der Waals surface area contributed by atoms with Crippen molar-refractivity contribution in [3.05, 3.63) is 54.1 Å². The molecule has 0 aliphatic carbocycles. The second-order valence-corrected chi connectivity index (χ2v) is 8.17. The van der Waals surface area contributed by atoms with Gasteiger partial charge in [0.2, 0.25) is 0 Å². The molecule has 0 saturated heterocycles. The van der Waals surface area contributed by atoms with E-state index in [-0.39, 0.29) is 0 Å². The van der Waals surface area contributed by atoms with E-state index in [9.17, 15) is 0 Å². The first-order valence-corrected chi connectivity index (χ1v) is 11.3. The summed E-state index contributed by atoms with van der Waals surface area (Å²) in [7, 11) is 0. The van der Waals surface area contributed by atoms with Crippen molar-refractivity contribution in [3.63, 3.8) is 0 Å². The van der Waals surface area contributed by atoms with Crippen LogP contribution in [-0.4, -0.2) is 58.7 Å². The largest absolute Gasteiger partial charge is 0.357 e. The third-order valence-corrected chi connectivity index (χ3v) is 5.15. The Labute approximate surface area is 182 Å². The maximum atomic E-state index is 4.75. The highest BCUT2D eigenvalue weighted by Crippen LogP contribution is 2.07. The smallest absolute Gasteiger partial charge is 0.191 e. The van der Waals surface area contributed by atoms with Crippen LogP contribution in [-0.2, 0) is 13.0 Å². The van der Waals surface area contributed by atoms with Gasteiger partial charge in [-0.05, 0) is 46.6 Å². The van der Waals surface area contributed by atoms with Crippen LogP contribution in [0.3, 0.4) is 0 Å². The van der Waals surface area contributed by atoms with Crippen LogP contribution in [0.1, 0.15) is 52.4 Å². The Kier molecular flexibility index (Phi) is 10.4.